The second kappa shape index (κ2) is 9.08. The van der Waals surface area contributed by atoms with Crippen LogP contribution in [0.4, 0.5) is 11.6 Å². The molecule has 1 fully saturated rings. The molecule has 1 amide bonds. The highest BCUT2D eigenvalue weighted by molar-refractivity contribution is 7.10. The summed E-state index contributed by atoms with van der Waals surface area (Å²) < 4.78 is 1.94. The molecule has 0 spiro atoms. The molecule has 1 aliphatic heterocycles. The highest BCUT2D eigenvalue weighted by Gasteiger charge is 2.50. The van der Waals surface area contributed by atoms with Gasteiger partial charge in [0.25, 0.3) is 0 Å². The molecule has 1 atom stereocenters. The summed E-state index contributed by atoms with van der Waals surface area (Å²) in [6.45, 7) is 5.83. The molecule has 0 saturated heterocycles. The van der Waals surface area contributed by atoms with Crippen LogP contribution in [-0.4, -0.2) is 46.7 Å². The van der Waals surface area contributed by atoms with Crippen molar-refractivity contribution in [2.24, 2.45) is 11.3 Å². The molecule has 39 heavy (non-hydrogen) atoms. The third-order valence-corrected chi connectivity index (χ3v) is 9.04. The van der Waals surface area contributed by atoms with Crippen LogP contribution in [-0.2, 0) is 28.0 Å². The van der Waals surface area contributed by atoms with Gasteiger partial charge in [-0.15, -0.1) is 11.3 Å². The van der Waals surface area contributed by atoms with Crippen LogP contribution in [0.25, 0.3) is 22.6 Å². The van der Waals surface area contributed by atoms with Crippen molar-refractivity contribution in [3.05, 3.63) is 40.0 Å². The smallest absolute Gasteiger partial charge is 0.309 e. The SMILES string of the molecule is CC(C)(Cc1csc([C@]2(C)C(=O)Nc3nc(-c4nn(CC5CCCC5)c5ncccc45)nc(N)c32)n1)C(=O)O. The van der Waals surface area contributed by atoms with E-state index in [1.807, 2.05) is 16.8 Å². The zero-order valence-electron chi connectivity index (χ0n) is 22.1. The number of nitrogens with one attached hydrogen (secondary N) is 1. The van der Waals surface area contributed by atoms with Crippen LogP contribution < -0.4 is 11.1 Å². The molecule has 0 radical (unpaired) electrons. The zero-order valence-corrected chi connectivity index (χ0v) is 22.9. The first-order valence-electron chi connectivity index (χ1n) is 13.1. The Kier molecular flexibility index (Phi) is 5.90. The van der Waals surface area contributed by atoms with Crippen LogP contribution in [0, 0.1) is 11.3 Å². The molecule has 202 valence electrons. The number of rotatable bonds is 7. The third kappa shape index (κ3) is 4.13. The zero-order chi connectivity index (χ0) is 27.5. The minimum absolute atomic E-state index is 0.167. The number of fused-ring (bicyclic) bond motifs is 2. The predicted octanol–water partition coefficient (Wildman–Crippen LogP) is 4.03. The van der Waals surface area contributed by atoms with Crippen LogP contribution in [0.2, 0.25) is 0 Å². The number of carboxylic acids is 1. The highest BCUT2D eigenvalue weighted by atomic mass is 32.1. The van der Waals surface area contributed by atoms with Gasteiger partial charge < -0.3 is 16.2 Å². The van der Waals surface area contributed by atoms with Gasteiger partial charge in [-0.3, -0.25) is 9.59 Å². The Balaban J connectivity index is 1.39. The summed E-state index contributed by atoms with van der Waals surface area (Å²) in [4.78, 5) is 43.5. The number of thiazole rings is 1. The van der Waals surface area contributed by atoms with Crippen molar-refractivity contribution in [2.75, 3.05) is 11.1 Å². The molecular formula is C27H30N8O3S. The fraction of sp³-hybridized carbons (Fsp3) is 0.444. The molecule has 4 N–H and O–H groups in total. The van der Waals surface area contributed by atoms with Gasteiger partial charge in [0.15, 0.2) is 11.5 Å². The molecule has 2 aliphatic rings. The second-order valence-electron chi connectivity index (χ2n) is 11.3. The standard InChI is InChI=1S/C27H30N8O3S/c1-26(2,25(37)38)11-15-13-39-24(30-15)27(3)17-19(28)31-21(32-20(17)33-23(27)36)18-16-9-6-10-29-22(16)35(34-18)12-14-7-4-5-8-14/h6,9-10,13-14H,4-5,7-8,11-12H2,1-3H3,(H,37,38)(H3,28,31,32,33,36)/t27-/m0/s1. The average Bonchev–Trinajstić information content (AvgIpc) is 3.67. The molecule has 11 nitrogen and oxygen atoms in total. The normalized spacial score (nSPS) is 19.5. The number of nitrogens with two attached hydrogens (primary N) is 1. The molecule has 0 aromatic carbocycles. The van der Waals surface area contributed by atoms with Gasteiger partial charge in [0.05, 0.1) is 22.1 Å². The molecule has 0 bridgehead atoms. The first-order chi connectivity index (χ1) is 18.6. The lowest BCUT2D eigenvalue weighted by molar-refractivity contribution is -0.146. The van der Waals surface area contributed by atoms with E-state index in [1.165, 1.54) is 37.0 Å². The first-order valence-corrected chi connectivity index (χ1v) is 14.0. The van der Waals surface area contributed by atoms with Gasteiger partial charge >= 0.3 is 5.97 Å². The molecule has 0 unspecified atom stereocenters. The van der Waals surface area contributed by atoms with Crippen LogP contribution in [0.5, 0.6) is 0 Å². The fourth-order valence-corrected chi connectivity index (χ4v) is 6.59. The maximum Gasteiger partial charge on any atom is 0.309 e. The van der Waals surface area contributed by atoms with Crippen LogP contribution in [0.3, 0.4) is 0 Å². The number of aromatic nitrogens is 6. The predicted molar refractivity (Wildman–Crippen MR) is 147 cm³/mol. The van der Waals surface area contributed by atoms with E-state index in [0.29, 0.717) is 39.5 Å². The van der Waals surface area contributed by atoms with Crippen molar-refractivity contribution < 1.29 is 14.7 Å². The quantitative estimate of drug-likeness (QED) is 0.311. The van der Waals surface area contributed by atoms with E-state index in [1.54, 1.807) is 32.3 Å². The van der Waals surface area contributed by atoms with E-state index < -0.39 is 16.8 Å². The second-order valence-corrected chi connectivity index (χ2v) is 12.2. The largest absolute Gasteiger partial charge is 0.481 e. The molecule has 4 aromatic heterocycles. The summed E-state index contributed by atoms with van der Waals surface area (Å²) in [5, 5.41) is 20.4. The molecule has 12 heteroatoms. The molecule has 4 aromatic rings. The molecule has 6 rings (SSSR count). The van der Waals surface area contributed by atoms with Crippen molar-refractivity contribution in [2.45, 2.75) is 64.8 Å². The lowest BCUT2D eigenvalue weighted by atomic mass is 9.85. The van der Waals surface area contributed by atoms with Gasteiger partial charge in [-0.1, -0.05) is 12.8 Å². The maximum atomic E-state index is 13.4. The number of hydrogen-bond donors (Lipinski definition) is 3. The number of carbonyl (C=O) groups is 2. The first kappa shape index (κ1) is 25.4. The van der Waals surface area contributed by atoms with Crippen molar-refractivity contribution in [1.82, 2.24) is 29.7 Å². The number of aliphatic carboxylic acids is 1. The Morgan fingerprint density at radius 1 is 1.28 bits per heavy atom. The molecule has 1 saturated carbocycles. The Hall–Kier alpha value is -3.93. The van der Waals surface area contributed by atoms with Gasteiger partial charge in [-0.05, 0) is 51.7 Å². The molecule has 5 heterocycles. The summed E-state index contributed by atoms with van der Waals surface area (Å²) in [5.41, 5.74) is 6.73. The number of hydrogen-bond acceptors (Lipinski definition) is 9. The van der Waals surface area contributed by atoms with E-state index in [4.69, 9.17) is 15.8 Å². The summed E-state index contributed by atoms with van der Waals surface area (Å²) >= 11 is 1.29. The lowest BCUT2D eigenvalue weighted by Gasteiger charge is -2.20. The van der Waals surface area contributed by atoms with Gasteiger partial charge in [0, 0.05) is 24.5 Å². The van der Waals surface area contributed by atoms with E-state index in [2.05, 4.69) is 20.3 Å². The monoisotopic (exact) mass is 546 g/mol. The fourth-order valence-electron chi connectivity index (χ4n) is 5.60. The van der Waals surface area contributed by atoms with Crippen LogP contribution in [0.1, 0.15) is 62.7 Å². The van der Waals surface area contributed by atoms with Crippen molar-refractivity contribution in [1.29, 1.82) is 0 Å². The number of nitrogen functional groups attached to an aromatic ring is 1. The van der Waals surface area contributed by atoms with Crippen molar-refractivity contribution in [3.63, 3.8) is 0 Å². The lowest BCUT2D eigenvalue weighted by Crippen LogP contribution is -2.33. The Bertz CT molecular complexity index is 1620. The Morgan fingerprint density at radius 2 is 2.05 bits per heavy atom. The number of anilines is 2. The number of amides is 1. The van der Waals surface area contributed by atoms with Crippen LogP contribution >= 0.6 is 11.3 Å². The number of pyridine rings is 1. The number of carbonyl (C=O) groups excluding carboxylic acids is 1. The highest BCUT2D eigenvalue weighted by Crippen LogP contribution is 2.46. The minimum atomic E-state index is -1.21. The van der Waals surface area contributed by atoms with E-state index in [0.717, 1.165) is 17.6 Å². The topological polar surface area (TPSA) is 162 Å². The number of nitrogens with zero attached hydrogens (tertiary/aromatic N) is 6. The van der Waals surface area contributed by atoms with Gasteiger partial charge in [0.1, 0.15) is 27.8 Å². The van der Waals surface area contributed by atoms with Crippen molar-refractivity contribution >= 4 is 45.9 Å². The Morgan fingerprint density at radius 3 is 2.79 bits per heavy atom. The summed E-state index contributed by atoms with van der Waals surface area (Å²) in [5.74, 6) is 0.161. The maximum absolute atomic E-state index is 13.4. The van der Waals surface area contributed by atoms with Crippen molar-refractivity contribution in [3.8, 4) is 11.5 Å². The van der Waals surface area contributed by atoms with Gasteiger partial charge in [-0.25, -0.2) is 24.6 Å². The average molecular weight is 547 g/mol. The molecular weight excluding hydrogens is 516 g/mol. The minimum Gasteiger partial charge on any atom is -0.481 e. The summed E-state index contributed by atoms with van der Waals surface area (Å²) in [6.07, 6.45) is 6.84. The van der Waals surface area contributed by atoms with E-state index >= 15 is 0 Å². The third-order valence-electron chi connectivity index (χ3n) is 7.93. The molecule has 1 aliphatic carbocycles. The summed E-state index contributed by atoms with van der Waals surface area (Å²) in [7, 11) is 0. The number of carboxylic acid groups (broad SMARTS) is 1. The van der Waals surface area contributed by atoms with Crippen LogP contribution in [0.15, 0.2) is 23.7 Å². The van der Waals surface area contributed by atoms with E-state index in [-0.39, 0.29) is 18.1 Å². The Labute approximate surface area is 228 Å². The summed E-state index contributed by atoms with van der Waals surface area (Å²) in [6, 6.07) is 3.80. The van der Waals surface area contributed by atoms with Gasteiger partial charge in [-0.2, -0.15) is 5.10 Å². The van der Waals surface area contributed by atoms with Gasteiger partial charge in [0.2, 0.25) is 5.91 Å². The van der Waals surface area contributed by atoms with E-state index in [9.17, 15) is 14.7 Å².